The summed E-state index contributed by atoms with van der Waals surface area (Å²) in [6.45, 7) is -3.01. The molecule has 0 amide bonds. The molecule has 0 aromatic heterocycles. The van der Waals surface area contributed by atoms with Crippen LogP contribution in [0.15, 0.2) is 78.9 Å². The van der Waals surface area contributed by atoms with Crippen LogP contribution in [0, 0.1) is 0 Å². The molecule has 0 radical (unpaired) electrons. The Balaban J connectivity index is 1.86. The van der Waals surface area contributed by atoms with E-state index in [2.05, 4.69) is 30.3 Å². The van der Waals surface area contributed by atoms with E-state index in [9.17, 15) is 15.1 Å². The molecule has 0 spiro atoms. The second-order valence-corrected chi connectivity index (χ2v) is 6.95. The Kier molecular flexibility index (Phi) is 4.36. The zero-order valence-electron chi connectivity index (χ0n) is 15.1. The Morgan fingerprint density at radius 2 is 1.26 bits per heavy atom. The van der Waals surface area contributed by atoms with Gasteiger partial charge in [0.15, 0.2) is 0 Å². The van der Waals surface area contributed by atoms with Crippen molar-refractivity contribution >= 4 is 39.4 Å². The van der Waals surface area contributed by atoms with Gasteiger partial charge in [0.2, 0.25) is 0 Å². The third kappa shape index (κ3) is 3.28. The largest absolute Gasteiger partial charge is 0.556 e. The van der Waals surface area contributed by atoms with Crippen molar-refractivity contribution in [3.05, 3.63) is 84.4 Å². The van der Waals surface area contributed by atoms with Crippen LogP contribution < -0.4 is 10.4 Å². The first-order valence-electron chi connectivity index (χ1n) is 8.96. The lowest BCUT2D eigenvalue weighted by Crippen LogP contribution is -2.50. The smallest absolute Gasteiger partial charge is 0.404 e. The Morgan fingerprint density at radius 3 is 1.85 bits per heavy atom. The molecule has 0 aliphatic carbocycles. The molecule has 0 saturated heterocycles. The lowest BCUT2D eigenvalue weighted by molar-refractivity contribution is 0.250. The summed E-state index contributed by atoms with van der Waals surface area (Å²) in [5.74, 6) is 0. The van der Waals surface area contributed by atoms with E-state index in [0.29, 0.717) is 12.2 Å². The number of fused-ring (bicyclic) bond motifs is 2. The van der Waals surface area contributed by atoms with Crippen molar-refractivity contribution < 1.29 is 15.1 Å². The second-order valence-electron chi connectivity index (χ2n) is 6.95. The fraction of sp³-hybridized carbons (Fsp3) is 0.0909. The van der Waals surface area contributed by atoms with Gasteiger partial charge in [-0.15, -0.1) is 0 Å². The van der Waals surface area contributed by atoms with Crippen molar-refractivity contribution in [2.45, 2.75) is 6.54 Å². The number of para-hydroxylation sites is 1. The van der Waals surface area contributed by atoms with Gasteiger partial charge in [0.05, 0.1) is 0 Å². The summed E-state index contributed by atoms with van der Waals surface area (Å²) >= 11 is 0. The van der Waals surface area contributed by atoms with Gasteiger partial charge in [0, 0.05) is 19.3 Å². The maximum Gasteiger partial charge on any atom is 0.404 e. The van der Waals surface area contributed by atoms with E-state index in [4.69, 9.17) is 0 Å². The minimum absolute atomic E-state index is 0.115. The lowest BCUT2D eigenvalue weighted by Gasteiger charge is -2.30. The van der Waals surface area contributed by atoms with Crippen molar-refractivity contribution in [3.63, 3.8) is 0 Å². The highest BCUT2D eigenvalue weighted by molar-refractivity contribution is 6.73. The highest BCUT2D eigenvalue weighted by atomic mass is 16.5. The van der Waals surface area contributed by atoms with Crippen LogP contribution in [-0.2, 0) is 6.54 Å². The lowest BCUT2D eigenvalue weighted by atomic mass is 9.70. The monoisotopic (exact) mass is 358 g/mol. The number of hydrogen-bond donors (Lipinski definition) is 3. The van der Waals surface area contributed by atoms with Gasteiger partial charge in [0.1, 0.15) is 0 Å². The fourth-order valence-electron chi connectivity index (χ4n) is 3.76. The maximum atomic E-state index is 9.78. The van der Waals surface area contributed by atoms with E-state index in [1.54, 1.807) is 12.1 Å². The Bertz CT molecular complexity index is 1070. The molecule has 0 bridgehead atoms. The molecule has 5 heteroatoms. The first kappa shape index (κ1) is 17.6. The molecule has 3 N–H and O–H groups in total. The van der Waals surface area contributed by atoms with E-state index < -0.39 is 6.75 Å². The molecule has 0 aliphatic rings. The van der Waals surface area contributed by atoms with Crippen molar-refractivity contribution in [1.82, 2.24) is 0 Å². The molecule has 4 nitrogen and oxygen atoms in total. The zero-order chi connectivity index (χ0) is 19.0. The average molecular weight is 358 g/mol. The Hall–Kier alpha value is -2.86. The quantitative estimate of drug-likeness (QED) is 0.388. The standard InChI is InChI=1S/C22H21BNO3/c1-24(22-13-7-6-12-21(22)23(25,26)27)15-20-18-10-4-2-8-16(18)14-17-9-3-5-11-19(17)20/h2-14,25-27H,15H2,1H3/q-1. The third-order valence-corrected chi connectivity index (χ3v) is 5.04. The molecule has 0 aliphatic heterocycles. The van der Waals surface area contributed by atoms with Crippen molar-refractivity contribution in [3.8, 4) is 0 Å². The SMILES string of the molecule is CN(Cc1c2ccccc2cc2ccccc12)c1ccccc1[B-](O)(O)O. The molecule has 0 fully saturated rings. The summed E-state index contributed by atoms with van der Waals surface area (Å²) in [5, 5.41) is 34.0. The summed E-state index contributed by atoms with van der Waals surface area (Å²) in [6, 6.07) is 25.5. The number of nitrogens with zero attached hydrogens (tertiary/aromatic N) is 1. The van der Waals surface area contributed by atoms with Crippen LogP contribution in [0.1, 0.15) is 5.56 Å². The van der Waals surface area contributed by atoms with E-state index in [-0.39, 0.29) is 5.46 Å². The first-order chi connectivity index (χ1) is 12.9. The van der Waals surface area contributed by atoms with Gasteiger partial charge in [-0.25, -0.2) is 0 Å². The molecule has 0 heterocycles. The molecule has 27 heavy (non-hydrogen) atoms. The summed E-state index contributed by atoms with van der Waals surface area (Å²) in [4.78, 5) is 1.93. The molecule has 0 atom stereocenters. The van der Waals surface area contributed by atoms with E-state index in [0.717, 1.165) is 27.1 Å². The maximum absolute atomic E-state index is 9.78. The van der Waals surface area contributed by atoms with Crippen LogP contribution in [0.5, 0.6) is 0 Å². The van der Waals surface area contributed by atoms with Gasteiger partial charge in [0.25, 0.3) is 0 Å². The number of benzene rings is 4. The average Bonchev–Trinajstić information content (AvgIpc) is 2.67. The van der Waals surface area contributed by atoms with Crippen LogP contribution in [0.25, 0.3) is 21.5 Å². The highest BCUT2D eigenvalue weighted by Gasteiger charge is 2.23. The topological polar surface area (TPSA) is 63.9 Å². The van der Waals surface area contributed by atoms with Gasteiger partial charge < -0.3 is 20.0 Å². The predicted molar refractivity (Wildman–Crippen MR) is 112 cm³/mol. The number of anilines is 1. The van der Waals surface area contributed by atoms with Crippen LogP contribution in [0.2, 0.25) is 0 Å². The zero-order valence-corrected chi connectivity index (χ0v) is 15.1. The Morgan fingerprint density at radius 1 is 0.741 bits per heavy atom. The van der Waals surface area contributed by atoms with Crippen LogP contribution >= 0.6 is 0 Å². The second kappa shape index (κ2) is 6.70. The van der Waals surface area contributed by atoms with Gasteiger partial charge in [-0.1, -0.05) is 72.2 Å². The molecule has 136 valence electrons. The van der Waals surface area contributed by atoms with E-state index in [1.165, 1.54) is 6.07 Å². The highest BCUT2D eigenvalue weighted by Crippen LogP contribution is 2.30. The minimum Gasteiger partial charge on any atom is -0.556 e. The number of hydrogen-bond acceptors (Lipinski definition) is 4. The van der Waals surface area contributed by atoms with Crippen LogP contribution in [0.3, 0.4) is 0 Å². The minimum atomic E-state index is -3.57. The molecular formula is C22H21BNO3-. The predicted octanol–water partition coefficient (Wildman–Crippen LogP) is 2.75. The molecule has 4 aromatic rings. The summed E-state index contributed by atoms with van der Waals surface area (Å²) in [7, 11) is 1.89. The van der Waals surface area contributed by atoms with E-state index >= 15 is 0 Å². The van der Waals surface area contributed by atoms with Crippen molar-refractivity contribution in [2.75, 3.05) is 11.9 Å². The van der Waals surface area contributed by atoms with E-state index in [1.807, 2.05) is 42.3 Å². The first-order valence-corrected chi connectivity index (χ1v) is 8.96. The number of rotatable bonds is 4. The molecule has 4 rings (SSSR count). The van der Waals surface area contributed by atoms with Gasteiger partial charge >= 0.3 is 6.75 Å². The van der Waals surface area contributed by atoms with Crippen LogP contribution in [-0.4, -0.2) is 28.9 Å². The van der Waals surface area contributed by atoms with Crippen molar-refractivity contribution in [1.29, 1.82) is 0 Å². The summed E-state index contributed by atoms with van der Waals surface area (Å²) in [6.07, 6.45) is 0. The molecule has 4 aromatic carbocycles. The van der Waals surface area contributed by atoms with Crippen molar-refractivity contribution in [2.24, 2.45) is 0 Å². The summed E-state index contributed by atoms with van der Waals surface area (Å²) in [5.41, 5.74) is 1.86. The Labute approximate surface area is 157 Å². The van der Waals surface area contributed by atoms with Gasteiger partial charge in [-0.3, -0.25) is 0 Å². The molecular weight excluding hydrogens is 337 g/mol. The van der Waals surface area contributed by atoms with Gasteiger partial charge in [-0.05, 0) is 39.2 Å². The normalized spacial score (nSPS) is 11.9. The van der Waals surface area contributed by atoms with Crippen LogP contribution in [0.4, 0.5) is 5.69 Å². The molecule has 0 unspecified atom stereocenters. The third-order valence-electron chi connectivity index (χ3n) is 5.04. The summed E-state index contributed by atoms with van der Waals surface area (Å²) < 4.78 is 0. The van der Waals surface area contributed by atoms with Gasteiger partial charge in [-0.2, -0.15) is 0 Å². The fourth-order valence-corrected chi connectivity index (χ4v) is 3.76. The molecule has 0 saturated carbocycles.